The van der Waals surface area contributed by atoms with Gasteiger partial charge in [-0.1, -0.05) is 17.7 Å². The van der Waals surface area contributed by atoms with Gasteiger partial charge >= 0.3 is 0 Å². The van der Waals surface area contributed by atoms with Gasteiger partial charge in [0.1, 0.15) is 5.82 Å². The third-order valence-corrected chi connectivity index (χ3v) is 5.16. The predicted molar refractivity (Wildman–Crippen MR) is 115 cm³/mol. The Bertz CT molecular complexity index is 963. The monoisotopic (exact) mass is 414 g/mol. The van der Waals surface area contributed by atoms with E-state index in [0.717, 1.165) is 37.3 Å². The van der Waals surface area contributed by atoms with E-state index in [9.17, 15) is 9.18 Å². The number of hydrogen-bond donors (Lipinski definition) is 2. The zero-order valence-electron chi connectivity index (χ0n) is 16.2. The molecule has 0 atom stereocenters. The fourth-order valence-electron chi connectivity index (χ4n) is 3.64. The number of nitrogens with one attached hydrogen (secondary N) is 2. The molecule has 0 aliphatic carbocycles. The minimum atomic E-state index is -0.333. The van der Waals surface area contributed by atoms with Crippen molar-refractivity contribution in [2.75, 3.05) is 18.4 Å². The van der Waals surface area contributed by atoms with E-state index in [1.807, 2.05) is 35.9 Å². The van der Waals surface area contributed by atoms with Crippen molar-refractivity contribution in [3.05, 3.63) is 77.4 Å². The maximum absolute atomic E-state index is 13.1. The van der Waals surface area contributed by atoms with E-state index >= 15 is 0 Å². The van der Waals surface area contributed by atoms with Crippen LogP contribution in [0.3, 0.4) is 0 Å². The molecule has 0 unspecified atom stereocenters. The van der Waals surface area contributed by atoms with E-state index < -0.39 is 0 Å². The van der Waals surface area contributed by atoms with Crippen LogP contribution in [0.2, 0.25) is 0 Å². The third-order valence-electron chi connectivity index (χ3n) is 5.16. The van der Waals surface area contributed by atoms with Crippen LogP contribution < -0.4 is 10.6 Å². The second-order valence-corrected chi connectivity index (χ2v) is 7.18. The predicted octanol–water partition coefficient (Wildman–Crippen LogP) is 4.46. The highest BCUT2D eigenvalue weighted by Gasteiger charge is 2.27. The van der Waals surface area contributed by atoms with Gasteiger partial charge in [-0.15, -0.1) is 12.4 Å². The maximum Gasteiger partial charge on any atom is 0.259 e. The molecule has 2 heterocycles. The smallest absolute Gasteiger partial charge is 0.259 e. The van der Waals surface area contributed by atoms with Crippen LogP contribution in [-0.2, 0) is 0 Å². The highest BCUT2D eigenvalue weighted by Crippen LogP contribution is 2.30. The summed E-state index contributed by atoms with van der Waals surface area (Å²) < 4.78 is 15.0. The molecule has 0 bridgehead atoms. The molecule has 2 aromatic carbocycles. The van der Waals surface area contributed by atoms with Gasteiger partial charge in [-0.05, 0) is 69.3 Å². The van der Waals surface area contributed by atoms with Gasteiger partial charge in [-0.25, -0.2) is 9.07 Å². The van der Waals surface area contributed by atoms with E-state index in [4.69, 9.17) is 0 Å². The number of aryl methyl sites for hydroxylation is 1. The first-order valence-corrected chi connectivity index (χ1v) is 9.54. The van der Waals surface area contributed by atoms with Crippen LogP contribution in [-0.4, -0.2) is 28.8 Å². The summed E-state index contributed by atoms with van der Waals surface area (Å²) in [6, 6.07) is 13.9. The summed E-state index contributed by atoms with van der Waals surface area (Å²) in [5.41, 5.74) is 4.18. The first kappa shape index (κ1) is 21.0. The normalized spacial score (nSPS) is 14.3. The second-order valence-electron chi connectivity index (χ2n) is 7.18. The number of carbonyl (C=O) groups excluding carboxylic acids is 1. The van der Waals surface area contributed by atoms with E-state index in [-0.39, 0.29) is 30.0 Å². The largest absolute Gasteiger partial charge is 0.322 e. The lowest BCUT2D eigenvalue weighted by Gasteiger charge is -2.24. The molecule has 5 nitrogen and oxygen atoms in total. The number of aromatic nitrogens is 2. The van der Waals surface area contributed by atoms with Crippen LogP contribution in [0.15, 0.2) is 54.7 Å². The number of anilines is 1. The molecule has 0 radical (unpaired) electrons. The third kappa shape index (κ3) is 4.66. The minimum absolute atomic E-state index is 0. The van der Waals surface area contributed by atoms with Crippen molar-refractivity contribution in [2.45, 2.75) is 25.7 Å². The highest BCUT2D eigenvalue weighted by atomic mass is 35.5. The summed E-state index contributed by atoms with van der Waals surface area (Å²) >= 11 is 0. The van der Waals surface area contributed by atoms with Gasteiger partial charge in [0.15, 0.2) is 0 Å². The lowest BCUT2D eigenvalue weighted by molar-refractivity contribution is 0.102. The van der Waals surface area contributed by atoms with Gasteiger partial charge in [0, 0.05) is 11.6 Å². The van der Waals surface area contributed by atoms with E-state index in [0.29, 0.717) is 11.3 Å². The Labute approximate surface area is 175 Å². The summed E-state index contributed by atoms with van der Waals surface area (Å²) in [6.45, 7) is 3.88. The molecule has 1 aromatic heterocycles. The number of benzene rings is 2. The average molecular weight is 415 g/mol. The Hall–Kier alpha value is -2.70. The van der Waals surface area contributed by atoms with Gasteiger partial charge in [0.2, 0.25) is 0 Å². The molecule has 29 heavy (non-hydrogen) atoms. The molecular weight excluding hydrogens is 391 g/mol. The molecule has 2 N–H and O–H groups in total. The quantitative estimate of drug-likeness (QED) is 0.662. The second kappa shape index (κ2) is 9.20. The number of piperidine rings is 1. The molecule has 3 aromatic rings. The van der Waals surface area contributed by atoms with Crippen molar-refractivity contribution in [1.82, 2.24) is 15.1 Å². The zero-order valence-corrected chi connectivity index (χ0v) is 17.0. The number of carbonyl (C=O) groups is 1. The number of hydrogen-bond acceptors (Lipinski definition) is 3. The van der Waals surface area contributed by atoms with Crippen LogP contribution >= 0.6 is 12.4 Å². The SMILES string of the molecule is Cc1ccc(-n2ncc(C(=O)Nc3ccc(F)cc3)c2C2CCNCC2)cc1.Cl. The number of rotatable bonds is 4. The van der Waals surface area contributed by atoms with E-state index in [1.54, 1.807) is 18.3 Å². The Morgan fingerprint density at radius 1 is 1.10 bits per heavy atom. The molecule has 1 aliphatic heterocycles. The number of halogens is 2. The van der Waals surface area contributed by atoms with Crippen LogP contribution in [0.4, 0.5) is 10.1 Å². The summed E-state index contributed by atoms with van der Waals surface area (Å²) in [5.74, 6) is -0.307. The summed E-state index contributed by atoms with van der Waals surface area (Å²) in [6.07, 6.45) is 3.54. The van der Waals surface area contributed by atoms with E-state index in [2.05, 4.69) is 15.7 Å². The molecule has 0 saturated carbocycles. The Balaban J connectivity index is 0.00000240. The summed E-state index contributed by atoms with van der Waals surface area (Å²) in [5, 5.41) is 10.8. The first-order chi connectivity index (χ1) is 13.6. The van der Waals surface area contributed by atoms with Crippen molar-refractivity contribution < 1.29 is 9.18 Å². The fourth-order valence-corrected chi connectivity index (χ4v) is 3.64. The van der Waals surface area contributed by atoms with E-state index in [1.165, 1.54) is 17.7 Å². The Kier molecular flexibility index (Phi) is 6.67. The van der Waals surface area contributed by atoms with Gasteiger partial charge in [0.05, 0.1) is 23.1 Å². The van der Waals surface area contributed by atoms with Crippen molar-refractivity contribution in [3.63, 3.8) is 0 Å². The van der Waals surface area contributed by atoms with Crippen LogP contribution in [0.25, 0.3) is 5.69 Å². The topological polar surface area (TPSA) is 59.0 Å². The Morgan fingerprint density at radius 3 is 2.41 bits per heavy atom. The summed E-state index contributed by atoms with van der Waals surface area (Å²) in [4.78, 5) is 13.0. The van der Waals surface area contributed by atoms with Gasteiger partial charge in [0.25, 0.3) is 5.91 Å². The minimum Gasteiger partial charge on any atom is -0.322 e. The molecule has 152 valence electrons. The van der Waals surface area contributed by atoms with Gasteiger partial charge < -0.3 is 10.6 Å². The molecule has 4 rings (SSSR count). The first-order valence-electron chi connectivity index (χ1n) is 9.54. The van der Waals surface area contributed by atoms with Crippen molar-refractivity contribution in [1.29, 1.82) is 0 Å². The number of nitrogens with zero attached hydrogens (tertiary/aromatic N) is 2. The van der Waals surface area contributed by atoms with Crippen molar-refractivity contribution >= 4 is 24.0 Å². The summed E-state index contributed by atoms with van der Waals surface area (Å²) in [7, 11) is 0. The molecule has 1 amide bonds. The van der Waals surface area contributed by atoms with Crippen molar-refractivity contribution in [2.24, 2.45) is 0 Å². The van der Waals surface area contributed by atoms with Crippen LogP contribution in [0.1, 0.15) is 40.4 Å². The molecule has 7 heteroatoms. The lowest BCUT2D eigenvalue weighted by atomic mass is 9.91. The zero-order chi connectivity index (χ0) is 19.5. The molecular formula is C22H24ClFN4O. The molecule has 1 aliphatic rings. The number of amides is 1. The van der Waals surface area contributed by atoms with Crippen molar-refractivity contribution in [3.8, 4) is 5.69 Å². The fraction of sp³-hybridized carbons (Fsp3) is 0.273. The van der Waals surface area contributed by atoms with Crippen LogP contribution in [0.5, 0.6) is 0 Å². The van der Waals surface area contributed by atoms with Gasteiger partial charge in [-0.3, -0.25) is 4.79 Å². The average Bonchev–Trinajstić information content (AvgIpc) is 3.16. The standard InChI is InChI=1S/C22H23FN4O.ClH/c1-15-2-8-19(9-3-15)27-21(16-10-12-24-13-11-16)20(14-25-27)22(28)26-18-6-4-17(23)5-7-18;/h2-9,14,16,24H,10-13H2,1H3,(H,26,28);1H. The maximum atomic E-state index is 13.1. The Morgan fingerprint density at radius 2 is 1.76 bits per heavy atom. The van der Waals surface area contributed by atoms with Crippen LogP contribution in [0, 0.1) is 12.7 Å². The molecule has 0 spiro atoms. The molecule has 1 saturated heterocycles. The lowest BCUT2D eigenvalue weighted by Crippen LogP contribution is -2.29. The highest BCUT2D eigenvalue weighted by molar-refractivity contribution is 6.05. The molecule has 1 fully saturated rings. The van der Waals surface area contributed by atoms with Gasteiger partial charge in [-0.2, -0.15) is 5.10 Å².